The van der Waals surface area contributed by atoms with Crippen molar-refractivity contribution < 1.29 is 28.5 Å². The summed E-state index contributed by atoms with van der Waals surface area (Å²) < 4.78 is 21.3. The third kappa shape index (κ3) is 3.63. The Balaban J connectivity index is 1.89. The summed E-state index contributed by atoms with van der Waals surface area (Å²) in [6.07, 6.45) is -0.988. The van der Waals surface area contributed by atoms with E-state index in [4.69, 9.17) is 18.9 Å². The molecule has 0 radical (unpaired) electrons. The molecule has 3 rings (SSSR count). The summed E-state index contributed by atoms with van der Waals surface area (Å²) >= 11 is 0. The van der Waals surface area contributed by atoms with Gasteiger partial charge in [-0.25, -0.2) is 4.79 Å². The van der Waals surface area contributed by atoms with Gasteiger partial charge in [-0.05, 0) is 32.0 Å². The van der Waals surface area contributed by atoms with Crippen molar-refractivity contribution >= 4 is 22.7 Å². The summed E-state index contributed by atoms with van der Waals surface area (Å²) in [5.74, 6) is -0.107. The number of aryl methyl sites for hydroxylation is 1. The van der Waals surface area contributed by atoms with Crippen molar-refractivity contribution in [2.75, 3.05) is 21.3 Å². The molecule has 152 valence electrons. The highest BCUT2D eigenvalue weighted by molar-refractivity contribution is 6.11. The molecule has 0 saturated heterocycles. The van der Waals surface area contributed by atoms with E-state index in [1.165, 1.54) is 27.4 Å². The summed E-state index contributed by atoms with van der Waals surface area (Å²) in [5, 5.41) is 0.793. The monoisotopic (exact) mass is 397 g/mol. The highest BCUT2D eigenvalue weighted by Crippen LogP contribution is 2.40. The molecule has 1 atom stereocenters. The Kier molecular flexibility index (Phi) is 5.77. The van der Waals surface area contributed by atoms with E-state index in [9.17, 15) is 9.59 Å². The minimum Gasteiger partial charge on any atom is -0.493 e. The van der Waals surface area contributed by atoms with Crippen molar-refractivity contribution in [3.05, 3.63) is 53.2 Å². The van der Waals surface area contributed by atoms with E-state index in [2.05, 4.69) is 4.98 Å². The molecule has 0 saturated carbocycles. The van der Waals surface area contributed by atoms with Crippen molar-refractivity contribution in [2.24, 2.45) is 0 Å². The Morgan fingerprint density at radius 3 is 2.28 bits per heavy atom. The SMILES string of the molecule is COc1ccc(C(=O)O[C@H](C)C(=O)c2c(C)[nH]c3ccccc23)c(OC)c1OC. The molecule has 29 heavy (non-hydrogen) atoms. The van der Waals surface area contributed by atoms with Crippen LogP contribution in [0.2, 0.25) is 0 Å². The van der Waals surface area contributed by atoms with Crippen molar-refractivity contribution in [3.63, 3.8) is 0 Å². The lowest BCUT2D eigenvalue weighted by Gasteiger charge is -2.17. The van der Waals surface area contributed by atoms with Crippen LogP contribution in [0.3, 0.4) is 0 Å². The van der Waals surface area contributed by atoms with Crippen LogP contribution in [0.4, 0.5) is 0 Å². The molecule has 0 amide bonds. The molecule has 0 aliphatic heterocycles. The highest BCUT2D eigenvalue weighted by atomic mass is 16.6. The zero-order valence-corrected chi connectivity index (χ0v) is 17.0. The predicted octanol–water partition coefficient (Wildman–Crippen LogP) is 3.93. The van der Waals surface area contributed by atoms with Crippen molar-refractivity contribution in [3.8, 4) is 17.2 Å². The summed E-state index contributed by atoms with van der Waals surface area (Å²) in [7, 11) is 4.35. The Labute approximate surface area is 168 Å². The van der Waals surface area contributed by atoms with Gasteiger partial charge in [0.05, 0.1) is 21.3 Å². The van der Waals surface area contributed by atoms with Gasteiger partial charge in [-0.2, -0.15) is 0 Å². The van der Waals surface area contributed by atoms with Crippen LogP contribution in [-0.4, -0.2) is 44.2 Å². The molecule has 0 unspecified atom stereocenters. The second-order valence-corrected chi connectivity index (χ2v) is 6.46. The molecule has 0 aliphatic carbocycles. The zero-order valence-electron chi connectivity index (χ0n) is 17.0. The fourth-order valence-electron chi connectivity index (χ4n) is 3.34. The summed E-state index contributed by atoms with van der Waals surface area (Å²) in [4.78, 5) is 29.0. The molecule has 1 aromatic heterocycles. The first-order chi connectivity index (χ1) is 13.9. The number of benzene rings is 2. The van der Waals surface area contributed by atoms with Gasteiger partial charge >= 0.3 is 5.97 Å². The second-order valence-electron chi connectivity index (χ2n) is 6.46. The van der Waals surface area contributed by atoms with Crippen molar-refractivity contribution in [1.82, 2.24) is 4.98 Å². The van der Waals surface area contributed by atoms with Crippen LogP contribution in [0.25, 0.3) is 10.9 Å². The third-order valence-corrected chi connectivity index (χ3v) is 4.72. The number of carbonyl (C=O) groups excluding carboxylic acids is 2. The van der Waals surface area contributed by atoms with Crippen molar-refractivity contribution in [2.45, 2.75) is 20.0 Å². The molecular weight excluding hydrogens is 374 g/mol. The topological polar surface area (TPSA) is 86.9 Å². The van der Waals surface area contributed by atoms with Gasteiger partial charge in [-0.3, -0.25) is 4.79 Å². The largest absolute Gasteiger partial charge is 0.493 e. The molecule has 0 fully saturated rings. The van der Waals surface area contributed by atoms with Gasteiger partial charge in [0.15, 0.2) is 17.6 Å². The van der Waals surface area contributed by atoms with E-state index in [0.29, 0.717) is 11.3 Å². The fourth-order valence-corrected chi connectivity index (χ4v) is 3.34. The molecule has 3 aromatic rings. The molecule has 0 spiro atoms. The van der Waals surface area contributed by atoms with E-state index in [-0.39, 0.29) is 22.8 Å². The smallest absolute Gasteiger partial charge is 0.342 e. The third-order valence-electron chi connectivity index (χ3n) is 4.72. The predicted molar refractivity (Wildman–Crippen MR) is 108 cm³/mol. The average molecular weight is 397 g/mol. The number of aromatic nitrogens is 1. The molecular formula is C22H23NO6. The first-order valence-electron chi connectivity index (χ1n) is 9.04. The van der Waals surface area contributed by atoms with Gasteiger partial charge < -0.3 is 23.9 Å². The molecule has 0 bridgehead atoms. The lowest BCUT2D eigenvalue weighted by atomic mass is 10.0. The number of rotatable bonds is 7. The molecule has 1 heterocycles. The summed E-state index contributed by atoms with van der Waals surface area (Å²) in [6, 6.07) is 10.6. The lowest BCUT2D eigenvalue weighted by molar-refractivity contribution is 0.0315. The van der Waals surface area contributed by atoms with E-state index < -0.39 is 12.1 Å². The number of hydrogen-bond acceptors (Lipinski definition) is 6. The maximum absolute atomic E-state index is 13.0. The van der Waals surface area contributed by atoms with Gasteiger partial charge in [-0.1, -0.05) is 18.2 Å². The Morgan fingerprint density at radius 2 is 1.62 bits per heavy atom. The first-order valence-corrected chi connectivity index (χ1v) is 9.04. The first kappa shape index (κ1) is 20.3. The minimum atomic E-state index is -0.988. The quantitative estimate of drug-likeness (QED) is 0.480. The number of Topliss-reactive ketones (excluding diaryl/α,β-unsaturated/α-hetero) is 1. The number of hydrogen-bond donors (Lipinski definition) is 1. The van der Waals surface area contributed by atoms with Crippen LogP contribution < -0.4 is 14.2 Å². The molecule has 7 nitrogen and oxygen atoms in total. The van der Waals surface area contributed by atoms with E-state index in [0.717, 1.165) is 16.6 Å². The minimum absolute atomic E-state index is 0.139. The van der Waals surface area contributed by atoms with Gasteiger partial charge in [0, 0.05) is 22.2 Å². The van der Waals surface area contributed by atoms with E-state index in [1.807, 2.05) is 31.2 Å². The number of H-pyrrole nitrogens is 1. The Morgan fingerprint density at radius 1 is 0.931 bits per heavy atom. The number of para-hydroxylation sites is 1. The van der Waals surface area contributed by atoms with Crippen LogP contribution in [0.1, 0.15) is 33.3 Å². The van der Waals surface area contributed by atoms with Gasteiger partial charge in [0.1, 0.15) is 5.56 Å². The van der Waals surface area contributed by atoms with Crippen LogP contribution in [0.15, 0.2) is 36.4 Å². The fraction of sp³-hybridized carbons (Fsp3) is 0.273. The van der Waals surface area contributed by atoms with Crippen LogP contribution in [0, 0.1) is 6.92 Å². The second kappa shape index (κ2) is 8.26. The molecule has 7 heteroatoms. The molecule has 0 aliphatic rings. The van der Waals surface area contributed by atoms with Gasteiger partial charge in [-0.15, -0.1) is 0 Å². The van der Waals surface area contributed by atoms with Gasteiger partial charge in [0.25, 0.3) is 0 Å². The maximum atomic E-state index is 13.0. The summed E-state index contributed by atoms with van der Waals surface area (Å²) in [6.45, 7) is 3.37. The Bertz CT molecular complexity index is 1070. The van der Waals surface area contributed by atoms with E-state index >= 15 is 0 Å². The summed E-state index contributed by atoms with van der Waals surface area (Å²) in [5.41, 5.74) is 2.23. The average Bonchev–Trinajstić information content (AvgIpc) is 3.07. The highest BCUT2D eigenvalue weighted by Gasteiger charge is 2.27. The number of aromatic amines is 1. The number of methoxy groups -OCH3 is 3. The number of nitrogens with one attached hydrogen (secondary N) is 1. The molecule has 2 aromatic carbocycles. The van der Waals surface area contributed by atoms with Crippen LogP contribution in [-0.2, 0) is 4.74 Å². The normalized spacial score (nSPS) is 11.8. The number of ether oxygens (including phenoxy) is 4. The van der Waals surface area contributed by atoms with Gasteiger partial charge in [0.2, 0.25) is 11.5 Å². The number of carbonyl (C=O) groups is 2. The number of fused-ring (bicyclic) bond motifs is 1. The van der Waals surface area contributed by atoms with Crippen LogP contribution in [0.5, 0.6) is 17.2 Å². The lowest BCUT2D eigenvalue weighted by Crippen LogP contribution is -2.25. The van der Waals surface area contributed by atoms with Crippen LogP contribution >= 0.6 is 0 Å². The van der Waals surface area contributed by atoms with E-state index in [1.54, 1.807) is 13.0 Å². The standard InChI is InChI=1S/C22H23NO6/c1-12-18(14-8-6-7-9-16(14)23-12)19(24)13(2)29-22(25)15-10-11-17(26-3)21(28-5)20(15)27-4/h6-11,13,23H,1-5H3/t13-/m1/s1. The number of esters is 1. The maximum Gasteiger partial charge on any atom is 0.342 e. The molecule has 1 N–H and O–H groups in total. The number of ketones is 1. The van der Waals surface area contributed by atoms with Crippen molar-refractivity contribution in [1.29, 1.82) is 0 Å². The Hall–Kier alpha value is -3.48. The zero-order chi connectivity index (χ0) is 21.1.